The Morgan fingerprint density at radius 3 is 2.68 bits per heavy atom. The fourth-order valence-corrected chi connectivity index (χ4v) is 6.44. The van der Waals surface area contributed by atoms with Gasteiger partial charge in [-0.05, 0) is 59.5 Å². The van der Waals surface area contributed by atoms with Crippen molar-refractivity contribution in [1.29, 1.82) is 0 Å². The van der Waals surface area contributed by atoms with E-state index in [-0.39, 0.29) is 42.6 Å². The highest BCUT2D eigenvalue weighted by molar-refractivity contribution is 8.18. The topological polar surface area (TPSA) is 76.8 Å². The molecule has 0 aliphatic carbocycles. The number of amides is 1. The second-order valence-corrected chi connectivity index (χ2v) is 11.5. The van der Waals surface area contributed by atoms with Crippen LogP contribution in [-0.2, 0) is 33.0 Å². The molecular weight excluding hydrogens is 567 g/mol. The number of ether oxygens (including phenoxy) is 1. The number of esters is 1. The maximum Gasteiger partial charge on any atom is 0.416 e. The van der Waals surface area contributed by atoms with Crippen molar-refractivity contribution >= 4 is 45.8 Å². The van der Waals surface area contributed by atoms with Crippen molar-refractivity contribution in [3.05, 3.63) is 69.8 Å². The summed E-state index contributed by atoms with van der Waals surface area (Å²) >= 11 is 1.25. The molecule has 0 radical (unpaired) electrons. The minimum Gasteiger partial charge on any atom is -0.463 e. The van der Waals surface area contributed by atoms with Crippen LogP contribution >= 0.6 is 11.8 Å². The van der Waals surface area contributed by atoms with E-state index in [1.807, 2.05) is 4.90 Å². The van der Waals surface area contributed by atoms with Crippen LogP contribution in [0.5, 0.6) is 0 Å². The summed E-state index contributed by atoms with van der Waals surface area (Å²) in [6, 6.07) is 7.69. The predicted octanol–water partition coefficient (Wildman–Crippen LogP) is 5.82. The van der Waals surface area contributed by atoms with Gasteiger partial charge in [0, 0.05) is 24.4 Å². The quantitative estimate of drug-likeness (QED) is 0.217. The molecule has 0 N–H and O–H groups in total. The number of thioether (sulfide) groups is 1. The number of cyclic esters (lactones) is 1. The number of fused-ring (bicyclic) bond motifs is 3. The van der Waals surface area contributed by atoms with Gasteiger partial charge in [0.2, 0.25) is 0 Å². The third-order valence-electron chi connectivity index (χ3n) is 7.45. The van der Waals surface area contributed by atoms with Gasteiger partial charge in [0.1, 0.15) is 6.61 Å². The van der Waals surface area contributed by atoms with Gasteiger partial charge in [-0.1, -0.05) is 18.2 Å². The molecule has 1 amide bonds. The van der Waals surface area contributed by atoms with E-state index in [4.69, 9.17) is 4.74 Å². The molecule has 2 fully saturated rings. The van der Waals surface area contributed by atoms with Gasteiger partial charge in [-0.2, -0.15) is 23.3 Å². The van der Waals surface area contributed by atoms with Crippen LogP contribution in [0.1, 0.15) is 42.0 Å². The molecule has 0 spiro atoms. The Balaban J connectivity index is 1.21. The lowest BCUT2D eigenvalue weighted by molar-refractivity contribution is -0.145. The Labute approximate surface area is 235 Å². The number of hydrogen-bond acceptors (Lipinski definition) is 6. The molecule has 7 nitrogen and oxygen atoms in total. The molecule has 2 bridgehead atoms. The molecule has 41 heavy (non-hydrogen) atoms. The zero-order valence-corrected chi connectivity index (χ0v) is 22.4. The monoisotopic (exact) mass is 590 g/mol. The van der Waals surface area contributed by atoms with E-state index in [1.54, 1.807) is 24.3 Å². The van der Waals surface area contributed by atoms with Crippen LogP contribution in [0.15, 0.2) is 52.5 Å². The third kappa shape index (κ3) is 5.46. The lowest BCUT2D eigenvalue weighted by Gasteiger charge is -2.26. The Morgan fingerprint density at radius 1 is 1.12 bits per heavy atom. The van der Waals surface area contributed by atoms with Crippen molar-refractivity contribution in [2.45, 2.75) is 44.5 Å². The molecule has 3 aliphatic rings. The molecule has 3 aromatic rings. The van der Waals surface area contributed by atoms with Crippen LogP contribution < -0.4 is 0 Å². The maximum absolute atomic E-state index is 13.7. The summed E-state index contributed by atoms with van der Waals surface area (Å²) in [6.45, 7) is 1.18. The van der Waals surface area contributed by atoms with Crippen LogP contribution in [0.3, 0.4) is 0 Å². The number of carbonyl (C=O) groups excluding carboxylic acids is 2. The average molecular weight is 591 g/mol. The molecule has 4 heterocycles. The SMILES string of the molecule is CC(F)(F)c1ccc(Cn2ncc3cc(/C=C4\SC(N5C[C@@H]6CC(=O)OC[C@@H]5C6)=NC4=O)ccc32)c(C(F)(F)F)c1. The van der Waals surface area contributed by atoms with Crippen LogP contribution in [0, 0.1) is 5.92 Å². The number of aromatic nitrogens is 2. The van der Waals surface area contributed by atoms with E-state index in [2.05, 4.69) is 10.1 Å². The summed E-state index contributed by atoms with van der Waals surface area (Å²) in [7, 11) is 0. The van der Waals surface area contributed by atoms with Crippen LogP contribution in [-0.4, -0.2) is 50.9 Å². The fourth-order valence-electron chi connectivity index (χ4n) is 5.44. The molecule has 6 rings (SSSR count). The number of likely N-dealkylation sites (tertiary alicyclic amines) is 1. The summed E-state index contributed by atoms with van der Waals surface area (Å²) in [4.78, 5) is 31.0. The molecule has 0 unspecified atom stereocenters. The lowest BCUT2D eigenvalue weighted by Crippen LogP contribution is -2.37. The maximum atomic E-state index is 13.7. The second-order valence-electron chi connectivity index (χ2n) is 10.5. The lowest BCUT2D eigenvalue weighted by atomic mass is 10.0. The number of aliphatic imine (C=N–C) groups is 1. The Morgan fingerprint density at radius 2 is 1.93 bits per heavy atom. The first-order valence-corrected chi connectivity index (χ1v) is 13.7. The van der Waals surface area contributed by atoms with Crippen LogP contribution in [0.2, 0.25) is 0 Å². The standard InChI is InChI=1S/C28H23F5N4O3S/c1-27(29,30)19-4-3-17(21(10-19)28(31,32)33)13-37-22-5-2-15(6-18(22)11-34-37)8-23-25(39)35-26(41-23)36-12-16-7-20(36)14-40-24(38)9-16/h2-6,8,10-11,16,20H,7,9,12-14H2,1H3/b23-8-/t16-,20-/m0/s1. The van der Waals surface area contributed by atoms with E-state index >= 15 is 0 Å². The molecular formula is C28H23F5N4O3S. The summed E-state index contributed by atoms with van der Waals surface area (Å²) in [5, 5.41) is 5.43. The summed E-state index contributed by atoms with van der Waals surface area (Å²) < 4.78 is 75.2. The van der Waals surface area contributed by atoms with E-state index in [0.29, 0.717) is 52.5 Å². The normalized spacial score (nSPS) is 22.4. The number of hydrogen-bond donors (Lipinski definition) is 0. The number of amidine groups is 1. The second kappa shape index (κ2) is 9.97. The van der Waals surface area contributed by atoms with Crippen molar-refractivity contribution in [3.63, 3.8) is 0 Å². The van der Waals surface area contributed by atoms with Crippen molar-refractivity contribution in [3.8, 4) is 0 Å². The van der Waals surface area contributed by atoms with Gasteiger partial charge in [-0.15, -0.1) is 0 Å². The van der Waals surface area contributed by atoms with Crippen LogP contribution in [0.4, 0.5) is 22.0 Å². The smallest absolute Gasteiger partial charge is 0.416 e. The largest absolute Gasteiger partial charge is 0.463 e. The van der Waals surface area contributed by atoms with E-state index in [0.717, 1.165) is 18.6 Å². The first-order valence-electron chi connectivity index (χ1n) is 12.8. The number of nitrogens with zero attached hydrogens (tertiary/aromatic N) is 4. The summed E-state index contributed by atoms with van der Waals surface area (Å²) in [5.74, 6) is -3.82. The highest BCUT2D eigenvalue weighted by atomic mass is 32.2. The van der Waals surface area contributed by atoms with Crippen molar-refractivity contribution in [1.82, 2.24) is 14.7 Å². The van der Waals surface area contributed by atoms with Crippen molar-refractivity contribution < 1.29 is 36.3 Å². The first kappa shape index (κ1) is 27.4. The van der Waals surface area contributed by atoms with Gasteiger partial charge in [-0.25, -0.2) is 8.78 Å². The molecule has 2 atom stereocenters. The van der Waals surface area contributed by atoms with E-state index < -0.39 is 23.2 Å². The number of carbonyl (C=O) groups is 2. The Bertz CT molecular complexity index is 1620. The molecule has 2 saturated heterocycles. The highest BCUT2D eigenvalue weighted by Crippen LogP contribution is 2.39. The van der Waals surface area contributed by atoms with Gasteiger partial charge in [-0.3, -0.25) is 14.3 Å². The van der Waals surface area contributed by atoms with Gasteiger partial charge in [0.15, 0.2) is 5.17 Å². The predicted molar refractivity (Wildman–Crippen MR) is 142 cm³/mol. The minimum atomic E-state index is -4.82. The summed E-state index contributed by atoms with van der Waals surface area (Å²) in [5.41, 5.74) is -0.806. The average Bonchev–Trinajstić information content (AvgIpc) is 3.54. The summed E-state index contributed by atoms with van der Waals surface area (Å²) in [6.07, 6.45) is -0.464. The molecule has 214 valence electrons. The van der Waals surface area contributed by atoms with Gasteiger partial charge >= 0.3 is 12.1 Å². The number of benzene rings is 2. The van der Waals surface area contributed by atoms with Crippen molar-refractivity contribution in [2.24, 2.45) is 10.9 Å². The fraction of sp³-hybridized carbons (Fsp3) is 0.357. The van der Waals surface area contributed by atoms with E-state index in [1.165, 1.54) is 22.6 Å². The third-order valence-corrected chi connectivity index (χ3v) is 8.47. The molecule has 0 saturated carbocycles. The van der Waals surface area contributed by atoms with E-state index in [9.17, 15) is 31.5 Å². The molecule has 13 heteroatoms. The Hall–Kier alpha value is -3.74. The zero-order valence-electron chi connectivity index (χ0n) is 21.6. The highest BCUT2D eigenvalue weighted by Gasteiger charge is 2.41. The number of rotatable bonds is 4. The Kier molecular flexibility index (Phi) is 6.67. The molecule has 3 aliphatic heterocycles. The molecule has 2 aromatic carbocycles. The first-order chi connectivity index (χ1) is 19.3. The van der Waals surface area contributed by atoms with Crippen molar-refractivity contribution in [2.75, 3.05) is 13.2 Å². The zero-order chi connectivity index (χ0) is 29.1. The number of alkyl halides is 5. The van der Waals surface area contributed by atoms with Crippen LogP contribution in [0.25, 0.3) is 17.0 Å². The van der Waals surface area contributed by atoms with Gasteiger partial charge in [0.25, 0.3) is 11.8 Å². The van der Waals surface area contributed by atoms with Gasteiger partial charge < -0.3 is 9.64 Å². The minimum absolute atomic E-state index is 0.0143. The van der Waals surface area contributed by atoms with Gasteiger partial charge in [0.05, 0.1) is 41.2 Å². The molecule has 1 aromatic heterocycles. The number of halogens is 5.